The van der Waals surface area contributed by atoms with Gasteiger partial charge in [-0.3, -0.25) is 24.4 Å². The number of fused-ring (bicyclic) bond motifs is 3. The molecule has 4 rings (SSSR count). The first-order chi connectivity index (χ1) is 16.9. The number of nitrogens with one attached hydrogen (secondary N) is 3. The van der Waals surface area contributed by atoms with Crippen LogP contribution in [0.15, 0.2) is 60.9 Å². The van der Waals surface area contributed by atoms with Crippen LogP contribution >= 0.6 is 0 Å². The van der Waals surface area contributed by atoms with Gasteiger partial charge in [0.2, 0.25) is 11.8 Å². The van der Waals surface area contributed by atoms with Crippen molar-refractivity contribution in [3.63, 3.8) is 0 Å². The van der Waals surface area contributed by atoms with E-state index in [1.54, 1.807) is 0 Å². The predicted molar refractivity (Wildman–Crippen MR) is 125 cm³/mol. The number of hydrogen-bond acceptors (Lipinski definition) is 6. The zero-order valence-corrected chi connectivity index (χ0v) is 18.6. The molecule has 0 bridgehead atoms. The smallest absolute Gasteiger partial charge is 0.411 e. The van der Waals surface area contributed by atoms with Crippen molar-refractivity contribution >= 4 is 29.6 Å². The van der Waals surface area contributed by atoms with Gasteiger partial charge in [0.25, 0.3) is 0 Å². The molecule has 0 atom stereocenters. The Morgan fingerprint density at radius 3 is 2.20 bits per heavy atom. The summed E-state index contributed by atoms with van der Waals surface area (Å²) in [6.45, 7) is -0.921. The molecule has 4 N–H and O–H groups in total. The van der Waals surface area contributed by atoms with Gasteiger partial charge in [-0.05, 0) is 22.3 Å². The van der Waals surface area contributed by atoms with Crippen LogP contribution in [-0.2, 0) is 25.7 Å². The Labute approximate surface area is 200 Å². The van der Waals surface area contributed by atoms with E-state index in [4.69, 9.17) is 9.84 Å². The Morgan fingerprint density at radius 2 is 1.54 bits per heavy atom. The van der Waals surface area contributed by atoms with Gasteiger partial charge in [-0.1, -0.05) is 48.5 Å². The van der Waals surface area contributed by atoms with Crippen LogP contribution in [0, 0.1) is 0 Å². The Hall–Kier alpha value is -4.67. The summed E-state index contributed by atoms with van der Waals surface area (Å²) < 4.78 is 6.77. The van der Waals surface area contributed by atoms with Crippen LogP contribution in [0.25, 0.3) is 11.1 Å². The third kappa shape index (κ3) is 5.82. The maximum absolute atomic E-state index is 12.4. The summed E-state index contributed by atoms with van der Waals surface area (Å²) in [5, 5.41) is 19.6. The predicted octanol–water partition coefficient (Wildman–Crippen LogP) is 1.56. The molecule has 0 fully saturated rings. The third-order valence-electron chi connectivity index (χ3n) is 5.41. The number of ether oxygens (including phenoxy) is 1. The highest BCUT2D eigenvalue weighted by molar-refractivity contribution is 5.87. The summed E-state index contributed by atoms with van der Waals surface area (Å²) in [5.41, 5.74) is 4.83. The van der Waals surface area contributed by atoms with Crippen molar-refractivity contribution in [2.75, 3.05) is 25.0 Å². The minimum atomic E-state index is -1.18. The number of benzene rings is 2. The first-order valence-electron chi connectivity index (χ1n) is 10.8. The Balaban J connectivity index is 1.26. The first-order valence-corrected chi connectivity index (χ1v) is 10.8. The van der Waals surface area contributed by atoms with Crippen LogP contribution in [0.5, 0.6) is 0 Å². The van der Waals surface area contributed by atoms with Crippen LogP contribution in [0.3, 0.4) is 0 Å². The van der Waals surface area contributed by atoms with Crippen LogP contribution < -0.4 is 16.0 Å². The molecule has 1 aliphatic carbocycles. The van der Waals surface area contributed by atoms with Crippen molar-refractivity contribution in [2.24, 2.45) is 0 Å². The van der Waals surface area contributed by atoms with Gasteiger partial charge in [0, 0.05) is 12.1 Å². The molecular weight excluding hydrogens is 454 g/mol. The van der Waals surface area contributed by atoms with E-state index in [1.807, 2.05) is 36.4 Å². The third-order valence-corrected chi connectivity index (χ3v) is 5.41. The molecule has 35 heavy (non-hydrogen) atoms. The van der Waals surface area contributed by atoms with Crippen molar-refractivity contribution in [3.8, 4) is 11.1 Å². The molecule has 0 aliphatic heterocycles. The van der Waals surface area contributed by atoms with Crippen molar-refractivity contribution in [2.45, 2.75) is 12.5 Å². The molecular formula is C24H23N5O6. The lowest BCUT2D eigenvalue weighted by atomic mass is 9.98. The highest BCUT2D eigenvalue weighted by atomic mass is 16.5. The molecule has 0 radical (unpaired) electrons. The second-order valence-electron chi connectivity index (χ2n) is 7.82. The van der Waals surface area contributed by atoms with E-state index in [1.165, 1.54) is 17.1 Å². The second kappa shape index (κ2) is 10.5. The maximum Gasteiger partial charge on any atom is 0.411 e. The van der Waals surface area contributed by atoms with E-state index in [0.29, 0.717) is 5.69 Å². The van der Waals surface area contributed by atoms with Crippen LogP contribution in [0.2, 0.25) is 0 Å². The van der Waals surface area contributed by atoms with E-state index in [9.17, 15) is 19.2 Å². The SMILES string of the molecule is O=C(O)CNC(=O)CNC(=O)Cn1cc(NC(=O)OCC2c3ccccc3-c3ccccc32)cn1. The standard InChI is InChI=1S/C24H23N5O6/c30-21(26-11-23(32)33)10-25-22(31)13-29-12-15(9-27-29)28-24(34)35-14-20-18-7-3-1-5-16(18)17-6-2-4-8-19(17)20/h1-9,12,20H,10-11,13-14H2,(H,25,31)(H,26,30)(H,28,34)(H,32,33). The van der Waals surface area contributed by atoms with E-state index in [-0.39, 0.29) is 25.6 Å². The molecule has 0 spiro atoms. The van der Waals surface area contributed by atoms with E-state index >= 15 is 0 Å². The fourth-order valence-electron chi connectivity index (χ4n) is 3.89. The topological polar surface area (TPSA) is 152 Å². The number of carboxylic acids is 1. The van der Waals surface area contributed by atoms with Gasteiger partial charge in [0.15, 0.2) is 0 Å². The Bertz CT molecular complexity index is 1230. The fourth-order valence-corrected chi connectivity index (χ4v) is 3.89. The largest absolute Gasteiger partial charge is 0.480 e. The molecule has 11 nitrogen and oxygen atoms in total. The van der Waals surface area contributed by atoms with Crippen molar-refractivity contribution in [3.05, 3.63) is 72.1 Å². The van der Waals surface area contributed by atoms with Crippen molar-refractivity contribution in [1.82, 2.24) is 20.4 Å². The lowest BCUT2D eigenvalue weighted by Crippen LogP contribution is -2.40. The van der Waals surface area contributed by atoms with Crippen molar-refractivity contribution in [1.29, 1.82) is 0 Å². The van der Waals surface area contributed by atoms with Crippen LogP contribution in [0.1, 0.15) is 17.0 Å². The number of carbonyl (C=O) groups excluding carboxylic acids is 3. The highest BCUT2D eigenvalue weighted by Gasteiger charge is 2.29. The number of aromatic nitrogens is 2. The minimum absolute atomic E-state index is 0.0627. The molecule has 1 aromatic heterocycles. The van der Waals surface area contributed by atoms with E-state index in [2.05, 4.69) is 33.2 Å². The normalized spacial score (nSPS) is 11.8. The number of carbonyl (C=O) groups is 4. The maximum atomic E-state index is 12.4. The van der Waals surface area contributed by atoms with Gasteiger partial charge in [-0.15, -0.1) is 0 Å². The average molecular weight is 477 g/mol. The molecule has 0 unspecified atom stereocenters. The summed E-state index contributed by atoms with van der Waals surface area (Å²) in [6, 6.07) is 16.1. The number of rotatable bonds is 9. The molecule has 0 saturated carbocycles. The average Bonchev–Trinajstić information content (AvgIpc) is 3.41. The monoisotopic (exact) mass is 477 g/mol. The number of carboxylic acid groups (broad SMARTS) is 1. The number of nitrogens with zero attached hydrogens (tertiary/aromatic N) is 2. The van der Waals surface area contributed by atoms with Gasteiger partial charge in [0.05, 0.1) is 18.4 Å². The minimum Gasteiger partial charge on any atom is -0.480 e. The van der Waals surface area contributed by atoms with Gasteiger partial charge in [0.1, 0.15) is 19.7 Å². The number of anilines is 1. The molecule has 3 amide bonds. The first kappa shape index (κ1) is 23.5. The fraction of sp³-hybridized carbons (Fsp3) is 0.208. The van der Waals surface area contributed by atoms with Crippen LogP contribution in [-0.4, -0.2) is 58.5 Å². The molecule has 3 aromatic rings. The lowest BCUT2D eigenvalue weighted by Gasteiger charge is -2.14. The Morgan fingerprint density at radius 1 is 0.914 bits per heavy atom. The number of amides is 3. The number of hydrogen-bond donors (Lipinski definition) is 4. The molecule has 1 heterocycles. The van der Waals surface area contributed by atoms with Gasteiger partial charge in [-0.2, -0.15) is 5.10 Å². The lowest BCUT2D eigenvalue weighted by molar-refractivity contribution is -0.137. The summed E-state index contributed by atoms with van der Waals surface area (Å²) in [5.74, 6) is -2.38. The molecule has 180 valence electrons. The van der Waals surface area contributed by atoms with Gasteiger partial charge < -0.3 is 20.5 Å². The Kier molecular flexibility index (Phi) is 7.05. The zero-order chi connectivity index (χ0) is 24.8. The molecule has 0 saturated heterocycles. The van der Waals surface area contributed by atoms with E-state index in [0.717, 1.165) is 22.3 Å². The second-order valence-corrected chi connectivity index (χ2v) is 7.82. The summed E-state index contributed by atoms with van der Waals surface area (Å²) in [4.78, 5) is 46.2. The quantitative estimate of drug-likeness (QED) is 0.365. The zero-order valence-electron chi connectivity index (χ0n) is 18.6. The molecule has 1 aliphatic rings. The summed E-state index contributed by atoms with van der Waals surface area (Å²) in [7, 11) is 0. The van der Waals surface area contributed by atoms with E-state index < -0.39 is 30.4 Å². The molecule has 2 aromatic carbocycles. The van der Waals surface area contributed by atoms with Gasteiger partial charge >= 0.3 is 12.1 Å². The summed E-state index contributed by atoms with van der Waals surface area (Å²) in [6.07, 6.45) is 2.17. The van der Waals surface area contributed by atoms with Gasteiger partial charge in [-0.25, -0.2) is 4.79 Å². The number of aliphatic carboxylic acids is 1. The molecule has 11 heteroatoms. The summed E-state index contributed by atoms with van der Waals surface area (Å²) >= 11 is 0. The van der Waals surface area contributed by atoms with Crippen molar-refractivity contribution < 1.29 is 29.0 Å². The highest BCUT2D eigenvalue weighted by Crippen LogP contribution is 2.44. The van der Waals surface area contributed by atoms with Crippen LogP contribution in [0.4, 0.5) is 10.5 Å².